The first kappa shape index (κ1) is 13.8. The SMILES string of the molecule is CNc1nc2ccccc2nc1N1CC[C@@H](N)C1.Cl. The molecule has 0 radical (unpaired) electrons. The molecule has 1 atom stereocenters. The molecule has 0 spiro atoms. The predicted molar refractivity (Wildman–Crippen MR) is 81.1 cm³/mol. The highest BCUT2D eigenvalue weighted by molar-refractivity contribution is 5.85. The molecule has 0 aliphatic carbocycles. The molecular formula is C13H18ClN5. The van der Waals surface area contributed by atoms with Crippen molar-refractivity contribution < 1.29 is 0 Å². The molecule has 1 fully saturated rings. The Labute approximate surface area is 118 Å². The summed E-state index contributed by atoms with van der Waals surface area (Å²) in [7, 11) is 1.87. The van der Waals surface area contributed by atoms with Crippen molar-refractivity contribution in [3.63, 3.8) is 0 Å². The molecular weight excluding hydrogens is 262 g/mol. The van der Waals surface area contributed by atoms with Crippen LogP contribution in [0.2, 0.25) is 0 Å². The highest BCUT2D eigenvalue weighted by Gasteiger charge is 2.23. The van der Waals surface area contributed by atoms with E-state index in [-0.39, 0.29) is 18.4 Å². The molecule has 1 aromatic carbocycles. The molecule has 0 bridgehead atoms. The molecule has 6 heteroatoms. The van der Waals surface area contributed by atoms with Crippen LogP contribution in [0.3, 0.4) is 0 Å². The van der Waals surface area contributed by atoms with Gasteiger partial charge in [0, 0.05) is 26.2 Å². The maximum absolute atomic E-state index is 5.96. The quantitative estimate of drug-likeness (QED) is 0.875. The van der Waals surface area contributed by atoms with Crippen LogP contribution >= 0.6 is 12.4 Å². The van der Waals surface area contributed by atoms with Crippen molar-refractivity contribution in [2.75, 3.05) is 30.4 Å². The van der Waals surface area contributed by atoms with Gasteiger partial charge in [-0.05, 0) is 18.6 Å². The summed E-state index contributed by atoms with van der Waals surface area (Å²) < 4.78 is 0. The maximum Gasteiger partial charge on any atom is 0.172 e. The van der Waals surface area contributed by atoms with Crippen LogP contribution in [-0.2, 0) is 0 Å². The lowest BCUT2D eigenvalue weighted by Gasteiger charge is -2.19. The van der Waals surface area contributed by atoms with Crippen molar-refractivity contribution in [3.8, 4) is 0 Å². The Balaban J connectivity index is 0.00000133. The monoisotopic (exact) mass is 279 g/mol. The molecule has 19 heavy (non-hydrogen) atoms. The van der Waals surface area contributed by atoms with Gasteiger partial charge in [0.25, 0.3) is 0 Å². The zero-order valence-corrected chi connectivity index (χ0v) is 11.7. The van der Waals surface area contributed by atoms with Crippen molar-refractivity contribution in [3.05, 3.63) is 24.3 Å². The molecule has 3 rings (SSSR count). The second-order valence-corrected chi connectivity index (χ2v) is 4.63. The predicted octanol–water partition coefficient (Wildman–Crippen LogP) is 1.63. The van der Waals surface area contributed by atoms with E-state index in [9.17, 15) is 0 Å². The van der Waals surface area contributed by atoms with Gasteiger partial charge in [-0.3, -0.25) is 0 Å². The zero-order valence-electron chi connectivity index (χ0n) is 10.8. The Morgan fingerprint density at radius 2 is 1.95 bits per heavy atom. The van der Waals surface area contributed by atoms with Crippen molar-refractivity contribution >= 4 is 35.1 Å². The minimum absolute atomic E-state index is 0. The second kappa shape index (κ2) is 5.59. The van der Waals surface area contributed by atoms with Gasteiger partial charge in [-0.25, -0.2) is 9.97 Å². The Kier molecular flexibility index (Phi) is 4.07. The molecule has 1 aliphatic heterocycles. The summed E-state index contributed by atoms with van der Waals surface area (Å²) in [6.45, 7) is 1.80. The van der Waals surface area contributed by atoms with Crippen LogP contribution in [0.1, 0.15) is 6.42 Å². The van der Waals surface area contributed by atoms with Crippen molar-refractivity contribution in [1.82, 2.24) is 9.97 Å². The number of anilines is 2. The number of nitrogens with two attached hydrogens (primary N) is 1. The van der Waals surface area contributed by atoms with E-state index < -0.39 is 0 Å². The van der Waals surface area contributed by atoms with Gasteiger partial charge in [0.1, 0.15) is 0 Å². The van der Waals surface area contributed by atoms with E-state index in [4.69, 9.17) is 10.7 Å². The van der Waals surface area contributed by atoms with Crippen molar-refractivity contribution in [1.29, 1.82) is 0 Å². The van der Waals surface area contributed by atoms with Gasteiger partial charge in [0.05, 0.1) is 11.0 Å². The molecule has 1 aliphatic rings. The number of nitrogens with one attached hydrogen (secondary N) is 1. The first-order valence-corrected chi connectivity index (χ1v) is 6.23. The number of aromatic nitrogens is 2. The van der Waals surface area contributed by atoms with E-state index in [1.54, 1.807) is 0 Å². The summed E-state index contributed by atoms with van der Waals surface area (Å²) >= 11 is 0. The molecule has 1 saturated heterocycles. The number of benzene rings is 1. The standard InChI is InChI=1S/C13H17N5.ClH/c1-15-12-13(18-7-6-9(14)8-18)17-11-5-3-2-4-10(11)16-12;/h2-5,9H,6-8,14H2,1H3,(H,15,16);1H/t9-;/m1./s1. The Morgan fingerprint density at radius 3 is 2.53 bits per heavy atom. The minimum atomic E-state index is 0. The van der Waals surface area contributed by atoms with Crippen molar-refractivity contribution in [2.45, 2.75) is 12.5 Å². The van der Waals surface area contributed by atoms with Crippen LogP contribution < -0.4 is 16.0 Å². The first-order valence-electron chi connectivity index (χ1n) is 6.23. The summed E-state index contributed by atoms with van der Waals surface area (Å²) in [5.74, 6) is 1.73. The molecule has 3 N–H and O–H groups in total. The van der Waals surface area contributed by atoms with Gasteiger partial charge in [0.15, 0.2) is 11.6 Å². The third-order valence-corrected chi connectivity index (χ3v) is 3.31. The van der Waals surface area contributed by atoms with Crippen LogP contribution in [0.25, 0.3) is 11.0 Å². The van der Waals surface area contributed by atoms with Gasteiger partial charge in [0.2, 0.25) is 0 Å². The summed E-state index contributed by atoms with van der Waals surface area (Å²) in [5, 5.41) is 3.12. The molecule has 2 aromatic rings. The summed E-state index contributed by atoms with van der Waals surface area (Å²) in [4.78, 5) is 11.5. The minimum Gasteiger partial charge on any atom is -0.370 e. The van der Waals surface area contributed by atoms with E-state index >= 15 is 0 Å². The first-order chi connectivity index (χ1) is 8.78. The molecule has 5 nitrogen and oxygen atoms in total. The normalized spacial score (nSPS) is 18.4. The molecule has 0 amide bonds. The fourth-order valence-corrected chi connectivity index (χ4v) is 2.36. The number of rotatable bonds is 2. The smallest absolute Gasteiger partial charge is 0.172 e. The fraction of sp³-hybridized carbons (Fsp3) is 0.385. The number of nitrogens with zero attached hydrogens (tertiary/aromatic N) is 3. The van der Waals surface area contributed by atoms with Gasteiger partial charge in [-0.15, -0.1) is 12.4 Å². The fourth-order valence-electron chi connectivity index (χ4n) is 2.36. The highest BCUT2D eigenvalue weighted by Crippen LogP contribution is 2.26. The zero-order chi connectivity index (χ0) is 12.5. The maximum atomic E-state index is 5.96. The van der Waals surface area contributed by atoms with E-state index in [0.29, 0.717) is 0 Å². The third-order valence-electron chi connectivity index (χ3n) is 3.31. The van der Waals surface area contributed by atoms with Crippen LogP contribution in [0.4, 0.5) is 11.6 Å². The lowest BCUT2D eigenvalue weighted by atomic mass is 10.3. The Hall–Kier alpha value is -1.59. The van der Waals surface area contributed by atoms with Crippen LogP contribution in [0, 0.1) is 0 Å². The van der Waals surface area contributed by atoms with Gasteiger partial charge < -0.3 is 16.0 Å². The number of hydrogen-bond donors (Lipinski definition) is 2. The Morgan fingerprint density at radius 1 is 1.26 bits per heavy atom. The average molecular weight is 280 g/mol. The van der Waals surface area contributed by atoms with E-state index in [0.717, 1.165) is 42.2 Å². The number of hydrogen-bond acceptors (Lipinski definition) is 5. The molecule has 1 aromatic heterocycles. The molecule has 2 heterocycles. The van der Waals surface area contributed by atoms with Crippen LogP contribution in [0.15, 0.2) is 24.3 Å². The van der Waals surface area contributed by atoms with Crippen LogP contribution in [0.5, 0.6) is 0 Å². The largest absolute Gasteiger partial charge is 0.370 e. The van der Waals surface area contributed by atoms with E-state index in [1.807, 2.05) is 31.3 Å². The summed E-state index contributed by atoms with van der Waals surface area (Å²) in [5.41, 5.74) is 7.79. The number of halogens is 1. The lowest BCUT2D eigenvalue weighted by Crippen LogP contribution is -2.27. The molecule has 0 unspecified atom stereocenters. The number of para-hydroxylation sites is 2. The van der Waals surface area contributed by atoms with Crippen molar-refractivity contribution in [2.24, 2.45) is 5.73 Å². The summed E-state index contributed by atoms with van der Waals surface area (Å²) in [6, 6.07) is 8.16. The van der Waals surface area contributed by atoms with Gasteiger partial charge >= 0.3 is 0 Å². The summed E-state index contributed by atoms with van der Waals surface area (Å²) in [6.07, 6.45) is 1.01. The topological polar surface area (TPSA) is 67.1 Å². The lowest BCUT2D eigenvalue weighted by molar-refractivity contribution is 0.751. The van der Waals surface area contributed by atoms with Gasteiger partial charge in [-0.1, -0.05) is 12.1 Å². The number of fused-ring (bicyclic) bond motifs is 1. The highest BCUT2D eigenvalue weighted by atomic mass is 35.5. The Bertz CT molecular complexity index is 574. The average Bonchev–Trinajstić information content (AvgIpc) is 2.83. The van der Waals surface area contributed by atoms with E-state index in [1.165, 1.54) is 0 Å². The molecule has 102 valence electrons. The third kappa shape index (κ3) is 2.57. The van der Waals surface area contributed by atoms with Crippen LogP contribution in [-0.4, -0.2) is 36.1 Å². The van der Waals surface area contributed by atoms with E-state index in [2.05, 4.69) is 15.2 Å². The molecule has 0 saturated carbocycles. The van der Waals surface area contributed by atoms with Gasteiger partial charge in [-0.2, -0.15) is 0 Å². The second-order valence-electron chi connectivity index (χ2n) is 4.63.